The maximum absolute atomic E-state index is 10.1. The summed E-state index contributed by atoms with van der Waals surface area (Å²) in [5.41, 5.74) is 0.728. The quantitative estimate of drug-likeness (QED) is 0.304. The van der Waals surface area contributed by atoms with Crippen LogP contribution < -0.4 is 5.84 Å². The van der Waals surface area contributed by atoms with Crippen LogP contribution >= 0.6 is 0 Å². The van der Waals surface area contributed by atoms with E-state index in [1.807, 2.05) is 6.08 Å². The van der Waals surface area contributed by atoms with Gasteiger partial charge in [-0.15, -0.1) is 5.11 Å². The molecule has 0 heterocycles. The van der Waals surface area contributed by atoms with E-state index < -0.39 is 0 Å². The van der Waals surface area contributed by atoms with Crippen molar-refractivity contribution >= 4 is 0 Å². The van der Waals surface area contributed by atoms with Crippen molar-refractivity contribution in [2.75, 3.05) is 13.2 Å². The third kappa shape index (κ3) is 2.88. The summed E-state index contributed by atoms with van der Waals surface area (Å²) in [6.07, 6.45) is 3.28. The van der Waals surface area contributed by atoms with Gasteiger partial charge in [0.15, 0.2) is 0 Å². The number of aliphatic hydroxyl groups is 1. The van der Waals surface area contributed by atoms with E-state index in [2.05, 4.69) is 15.5 Å². The first-order valence-corrected chi connectivity index (χ1v) is 4.51. The summed E-state index contributed by atoms with van der Waals surface area (Å²) in [6, 6.07) is 0. The Morgan fingerprint density at radius 2 is 2.43 bits per heavy atom. The Morgan fingerprint density at radius 3 is 3.00 bits per heavy atom. The Labute approximate surface area is 81.8 Å². The molecular weight excluding hydrogens is 184 g/mol. The molecule has 1 aliphatic carbocycles. The molecule has 0 fully saturated rings. The van der Waals surface area contributed by atoms with E-state index in [0.717, 1.165) is 12.1 Å². The maximum atomic E-state index is 10.1. The van der Waals surface area contributed by atoms with Crippen LogP contribution in [0.1, 0.15) is 12.8 Å². The van der Waals surface area contributed by atoms with Gasteiger partial charge in [-0.3, -0.25) is 0 Å². The van der Waals surface area contributed by atoms with Crippen molar-refractivity contribution in [2.45, 2.75) is 12.8 Å². The first-order chi connectivity index (χ1) is 6.80. The molecule has 6 nitrogen and oxygen atoms in total. The second-order valence-corrected chi connectivity index (χ2v) is 3.43. The molecule has 2 unspecified atom stereocenters. The molecular formula is C8H14N4O2. The lowest BCUT2D eigenvalue weighted by Gasteiger charge is -2.23. The van der Waals surface area contributed by atoms with Crippen LogP contribution in [0.4, 0.5) is 0 Å². The Kier molecular flexibility index (Phi) is 4.18. The molecule has 0 aliphatic heterocycles. The Morgan fingerprint density at radius 1 is 1.64 bits per heavy atom. The molecule has 0 bridgehead atoms. The highest BCUT2D eigenvalue weighted by Crippen LogP contribution is 2.28. The zero-order valence-corrected chi connectivity index (χ0v) is 7.83. The van der Waals surface area contributed by atoms with Crippen LogP contribution in [-0.4, -0.2) is 18.3 Å². The number of hydrogen-bond acceptors (Lipinski definition) is 5. The highest BCUT2D eigenvalue weighted by Gasteiger charge is 2.22. The molecule has 6 heteroatoms. The average Bonchev–Trinajstić information content (AvgIpc) is 2.18. The SMILES string of the molecule is NN=NC1=CC(CN=O)CC(CO)C1. The molecule has 0 aromatic rings. The molecule has 3 N–H and O–H groups in total. The highest BCUT2D eigenvalue weighted by atomic mass is 16.3. The van der Waals surface area contributed by atoms with Gasteiger partial charge >= 0.3 is 0 Å². The lowest BCUT2D eigenvalue weighted by atomic mass is 9.85. The summed E-state index contributed by atoms with van der Waals surface area (Å²) in [5.74, 6) is 5.12. The summed E-state index contributed by atoms with van der Waals surface area (Å²) >= 11 is 0. The number of nitroso groups, excluding NO2 is 1. The van der Waals surface area contributed by atoms with E-state index in [1.54, 1.807) is 0 Å². The molecule has 0 spiro atoms. The first-order valence-electron chi connectivity index (χ1n) is 4.51. The molecule has 0 saturated carbocycles. The normalized spacial score (nSPS) is 27.6. The summed E-state index contributed by atoms with van der Waals surface area (Å²) in [4.78, 5) is 10.1. The van der Waals surface area contributed by atoms with Gasteiger partial charge in [-0.05, 0) is 18.8 Å². The number of rotatable bonds is 4. The zero-order valence-electron chi connectivity index (χ0n) is 7.83. The average molecular weight is 198 g/mol. The van der Waals surface area contributed by atoms with E-state index >= 15 is 0 Å². The van der Waals surface area contributed by atoms with Crippen LogP contribution in [-0.2, 0) is 0 Å². The van der Waals surface area contributed by atoms with Crippen LogP contribution in [0.25, 0.3) is 0 Å². The van der Waals surface area contributed by atoms with Gasteiger partial charge in [0.1, 0.15) is 0 Å². The molecule has 0 saturated heterocycles. The minimum absolute atomic E-state index is 0.0545. The standard InChI is InChI=1S/C8H14N4O2/c9-12-11-8-2-6(4-10-14)1-7(3-8)5-13/h2,6-7,13H,1,3-5H2,(H2,9,11). The van der Waals surface area contributed by atoms with E-state index in [9.17, 15) is 4.91 Å². The molecule has 78 valence electrons. The van der Waals surface area contributed by atoms with E-state index in [4.69, 9.17) is 10.9 Å². The summed E-state index contributed by atoms with van der Waals surface area (Å²) in [5, 5.41) is 18.8. The first kappa shape index (κ1) is 10.8. The van der Waals surface area contributed by atoms with Gasteiger partial charge in [0.05, 0.1) is 12.2 Å². The van der Waals surface area contributed by atoms with Crippen molar-refractivity contribution in [1.29, 1.82) is 0 Å². The zero-order chi connectivity index (χ0) is 10.4. The fraction of sp³-hybridized carbons (Fsp3) is 0.750. The third-order valence-electron chi connectivity index (χ3n) is 2.32. The smallest absolute Gasteiger partial charge is 0.0874 e. The van der Waals surface area contributed by atoms with E-state index in [-0.39, 0.29) is 25.0 Å². The topological polar surface area (TPSA) is 100 Å². The second-order valence-electron chi connectivity index (χ2n) is 3.43. The summed E-state index contributed by atoms with van der Waals surface area (Å²) < 4.78 is 0. The van der Waals surface area contributed by atoms with Crippen LogP contribution in [0.15, 0.2) is 27.3 Å². The molecule has 0 radical (unpaired) electrons. The summed E-state index contributed by atoms with van der Waals surface area (Å²) in [7, 11) is 0. The van der Waals surface area contributed by atoms with Gasteiger partial charge in [-0.25, -0.2) is 0 Å². The Hall–Kier alpha value is -1.30. The lowest BCUT2D eigenvalue weighted by molar-refractivity contribution is 0.200. The van der Waals surface area contributed by atoms with Gasteiger partial charge in [0, 0.05) is 12.5 Å². The molecule has 2 atom stereocenters. The van der Waals surface area contributed by atoms with Crippen molar-refractivity contribution in [3.05, 3.63) is 16.7 Å². The van der Waals surface area contributed by atoms with Crippen molar-refractivity contribution in [1.82, 2.24) is 0 Å². The summed E-state index contributed by atoms with van der Waals surface area (Å²) in [6.45, 7) is 0.312. The van der Waals surface area contributed by atoms with Crippen molar-refractivity contribution in [3.63, 3.8) is 0 Å². The van der Waals surface area contributed by atoms with Gasteiger partial charge in [-0.1, -0.05) is 16.5 Å². The number of allylic oxidation sites excluding steroid dienone is 1. The van der Waals surface area contributed by atoms with E-state index in [0.29, 0.717) is 6.42 Å². The predicted octanol–water partition coefficient (Wildman–Crippen LogP) is 0.981. The maximum Gasteiger partial charge on any atom is 0.0874 e. The Bertz CT molecular complexity index is 252. The van der Waals surface area contributed by atoms with Crippen LogP contribution in [0, 0.1) is 16.7 Å². The lowest BCUT2D eigenvalue weighted by Crippen LogP contribution is -2.18. The fourth-order valence-electron chi connectivity index (χ4n) is 1.73. The highest BCUT2D eigenvalue weighted by molar-refractivity contribution is 5.08. The minimum atomic E-state index is 0.0545. The van der Waals surface area contributed by atoms with Gasteiger partial charge in [0.2, 0.25) is 0 Å². The molecule has 1 aliphatic rings. The Balaban J connectivity index is 2.68. The second kappa shape index (κ2) is 5.43. The van der Waals surface area contributed by atoms with Crippen molar-refractivity contribution in [2.24, 2.45) is 33.2 Å². The monoisotopic (exact) mass is 198 g/mol. The largest absolute Gasteiger partial charge is 0.396 e. The van der Waals surface area contributed by atoms with Crippen molar-refractivity contribution in [3.8, 4) is 0 Å². The molecule has 0 aromatic carbocycles. The van der Waals surface area contributed by atoms with Crippen LogP contribution in [0.5, 0.6) is 0 Å². The third-order valence-corrected chi connectivity index (χ3v) is 2.32. The predicted molar refractivity (Wildman–Crippen MR) is 51.1 cm³/mol. The van der Waals surface area contributed by atoms with Crippen molar-refractivity contribution < 1.29 is 5.11 Å². The number of hydrogen-bond donors (Lipinski definition) is 2. The van der Waals surface area contributed by atoms with E-state index in [1.165, 1.54) is 0 Å². The number of aliphatic hydroxyl groups excluding tert-OH is 1. The van der Waals surface area contributed by atoms with Gasteiger partial charge < -0.3 is 10.9 Å². The molecule has 14 heavy (non-hydrogen) atoms. The van der Waals surface area contributed by atoms with Gasteiger partial charge in [-0.2, -0.15) is 4.91 Å². The molecule has 0 amide bonds. The van der Waals surface area contributed by atoms with Crippen LogP contribution in [0.2, 0.25) is 0 Å². The number of nitrogens with zero attached hydrogens (tertiary/aromatic N) is 3. The fourth-order valence-corrected chi connectivity index (χ4v) is 1.73. The van der Waals surface area contributed by atoms with Gasteiger partial charge in [0.25, 0.3) is 0 Å². The molecule has 0 aromatic heterocycles. The molecule has 1 rings (SSSR count). The van der Waals surface area contributed by atoms with Crippen LogP contribution in [0.3, 0.4) is 0 Å². The minimum Gasteiger partial charge on any atom is -0.396 e. The number of nitrogens with two attached hydrogens (primary N) is 1.